The molecular weight excluding hydrogens is 673 g/mol. The van der Waals surface area contributed by atoms with Gasteiger partial charge in [-0.3, -0.25) is 9.97 Å². The number of benzene rings is 6. The lowest BCUT2D eigenvalue weighted by atomic mass is 9.87. The summed E-state index contributed by atoms with van der Waals surface area (Å²) in [6.45, 7) is 10.7. The Morgan fingerprint density at radius 3 is 1.38 bits per heavy atom. The molecule has 3 heterocycles. The minimum atomic E-state index is 0.0839. The summed E-state index contributed by atoms with van der Waals surface area (Å²) < 4.78 is 6.11. The van der Waals surface area contributed by atoms with Gasteiger partial charge in [0.05, 0.1) is 11.0 Å². The van der Waals surface area contributed by atoms with E-state index in [1.165, 1.54) is 16.7 Å². The summed E-state index contributed by atoms with van der Waals surface area (Å²) >= 11 is 0. The average Bonchev–Trinajstić information content (AvgIpc) is 3.71. The second-order valence-corrected chi connectivity index (χ2v) is 15.3. The molecule has 3 aromatic heterocycles. The number of hydrogen-bond donors (Lipinski definition) is 0. The van der Waals surface area contributed by atoms with Gasteiger partial charge in [-0.2, -0.15) is 0 Å². The van der Waals surface area contributed by atoms with Gasteiger partial charge >= 0.3 is 0 Å². The second-order valence-electron chi connectivity index (χ2n) is 15.3. The fourth-order valence-corrected chi connectivity index (χ4v) is 7.45. The van der Waals surface area contributed by atoms with Crippen LogP contribution < -0.4 is 0 Å². The van der Waals surface area contributed by atoms with E-state index in [1.54, 1.807) is 0 Å². The minimum Gasteiger partial charge on any atom is -0.416 e. The van der Waals surface area contributed by atoms with E-state index >= 15 is 0 Å². The first-order chi connectivity index (χ1) is 26.7. The van der Waals surface area contributed by atoms with Crippen molar-refractivity contribution in [3.05, 3.63) is 169 Å². The van der Waals surface area contributed by atoms with Gasteiger partial charge in [0.2, 0.25) is 11.8 Å². The van der Waals surface area contributed by atoms with E-state index in [4.69, 9.17) is 14.4 Å². The van der Waals surface area contributed by atoms with Crippen LogP contribution in [0.4, 0.5) is 0 Å². The number of nitrogens with zero attached hydrogens (tertiary/aromatic N) is 4. The molecule has 0 saturated heterocycles. The maximum Gasteiger partial charge on any atom is 0.248 e. The van der Waals surface area contributed by atoms with E-state index in [0.717, 1.165) is 77.7 Å². The van der Waals surface area contributed by atoms with Gasteiger partial charge in [-0.25, -0.2) is 0 Å². The van der Waals surface area contributed by atoms with Gasteiger partial charge in [0.15, 0.2) is 0 Å². The summed E-state index contributed by atoms with van der Waals surface area (Å²) in [5.74, 6) is 1.02. The Kier molecular flexibility index (Phi) is 8.43. The molecule has 0 spiro atoms. The van der Waals surface area contributed by atoms with Gasteiger partial charge in [0.1, 0.15) is 0 Å². The first-order valence-corrected chi connectivity index (χ1v) is 18.7. The molecule has 0 saturated carbocycles. The molecule has 5 heteroatoms. The molecule has 9 rings (SSSR count). The van der Waals surface area contributed by atoms with E-state index in [0.29, 0.717) is 11.8 Å². The van der Waals surface area contributed by atoms with Crippen molar-refractivity contribution in [2.24, 2.45) is 0 Å². The Hall–Kier alpha value is -6.72. The summed E-state index contributed by atoms with van der Waals surface area (Å²) in [4.78, 5) is 10.1. The van der Waals surface area contributed by atoms with Crippen LogP contribution >= 0.6 is 0 Å². The van der Waals surface area contributed by atoms with Crippen molar-refractivity contribution in [3.8, 4) is 67.4 Å². The van der Waals surface area contributed by atoms with E-state index in [9.17, 15) is 0 Å². The first-order valence-electron chi connectivity index (χ1n) is 18.7. The lowest BCUT2D eigenvalue weighted by Crippen LogP contribution is -2.10. The number of hydrogen-bond acceptors (Lipinski definition) is 5. The molecule has 266 valence electrons. The Labute approximate surface area is 321 Å². The van der Waals surface area contributed by atoms with Crippen LogP contribution in [0.25, 0.3) is 89.2 Å². The predicted octanol–water partition coefficient (Wildman–Crippen LogP) is 13.1. The van der Waals surface area contributed by atoms with Crippen molar-refractivity contribution in [2.75, 3.05) is 0 Å². The van der Waals surface area contributed by atoms with Crippen LogP contribution in [0.1, 0.15) is 37.7 Å². The standard InChI is InChI=1S/C50H40N4O/c1-31-27-44(34-11-7-6-8-12-34)42-25-26-43-45(28-32(2)52-47(43)46(42)51-31)40-16-10-15-39(30-40)38-14-9-13-37(29-38)33-17-19-35(20-18-33)48-53-54-49(55-48)36-21-23-41(24-22-36)50(3,4)5/h6-30H,1-5H3. The van der Waals surface area contributed by atoms with Gasteiger partial charge in [-0.05, 0) is 118 Å². The van der Waals surface area contributed by atoms with Gasteiger partial charge in [-0.1, -0.05) is 124 Å². The molecule has 55 heavy (non-hydrogen) atoms. The molecule has 0 bridgehead atoms. The van der Waals surface area contributed by atoms with E-state index in [1.807, 2.05) is 24.3 Å². The third-order valence-electron chi connectivity index (χ3n) is 10.4. The lowest BCUT2D eigenvalue weighted by Gasteiger charge is -2.18. The van der Waals surface area contributed by atoms with Crippen LogP contribution in [0.3, 0.4) is 0 Å². The quantitative estimate of drug-likeness (QED) is 0.161. The number of pyridine rings is 2. The number of aromatic nitrogens is 4. The molecule has 5 nitrogen and oxygen atoms in total. The fraction of sp³-hybridized carbons (Fsp3) is 0.120. The summed E-state index contributed by atoms with van der Waals surface area (Å²) in [6, 6.07) is 53.4. The minimum absolute atomic E-state index is 0.0839. The fourth-order valence-electron chi connectivity index (χ4n) is 7.45. The summed E-state index contributed by atoms with van der Waals surface area (Å²) in [7, 11) is 0. The molecule has 9 aromatic rings. The van der Waals surface area contributed by atoms with E-state index in [-0.39, 0.29) is 5.41 Å². The highest BCUT2D eigenvalue weighted by Crippen LogP contribution is 2.38. The molecule has 6 aromatic carbocycles. The van der Waals surface area contributed by atoms with E-state index in [2.05, 4.69) is 172 Å². The molecule has 0 aliphatic rings. The number of aryl methyl sites for hydroxylation is 2. The highest BCUT2D eigenvalue weighted by molar-refractivity contribution is 6.12. The van der Waals surface area contributed by atoms with Crippen LogP contribution in [-0.4, -0.2) is 20.2 Å². The topological polar surface area (TPSA) is 64.7 Å². The van der Waals surface area contributed by atoms with Crippen LogP contribution in [-0.2, 0) is 5.41 Å². The Bertz CT molecular complexity index is 2850. The molecule has 0 aliphatic carbocycles. The maximum atomic E-state index is 6.11. The largest absolute Gasteiger partial charge is 0.416 e. The van der Waals surface area contributed by atoms with E-state index < -0.39 is 0 Å². The molecule has 0 aliphatic heterocycles. The van der Waals surface area contributed by atoms with Crippen LogP contribution in [0, 0.1) is 13.8 Å². The normalized spacial score (nSPS) is 11.7. The predicted molar refractivity (Wildman–Crippen MR) is 226 cm³/mol. The zero-order valence-corrected chi connectivity index (χ0v) is 31.6. The van der Waals surface area contributed by atoms with Crippen LogP contribution in [0.5, 0.6) is 0 Å². The highest BCUT2D eigenvalue weighted by atomic mass is 16.4. The SMILES string of the molecule is Cc1cc(-c2ccccc2)c2ccc3c(-c4cccc(-c5cccc(-c6ccc(-c7nnc(-c8ccc(C(C)(C)C)cc8)o7)cc6)c5)c4)cc(C)nc3c2n1. The average molecular weight is 713 g/mol. The summed E-state index contributed by atoms with van der Waals surface area (Å²) in [5.41, 5.74) is 16.1. The van der Waals surface area contributed by atoms with Gasteiger partial charge in [-0.15, -0.1) is 10.2 Å². The van der Waals surface area contributed by atoms with Crippen LogP contribution in [0.2, 0.25) is 0 Å². The van der Waals surface area contributed by atoms with Gasteiger partial charge in [0, 0.05) is 33.3 Å². The lowest BCUT2D eigenvalue weighted by molar-refractivity contribution is 0.582. The zero-order valence-electron chi connectivity index (χ0n) is 31.6. The monoisotopic (exact) mass is 712 g/mol. The van der Waals surface area contributed by atoms with Gasteiger partial charge < -0.3 is 4.42 Å². The Balaban J connectivity index is 1.02. The van der Waals surface area contributed by atoms with Crippen molar-refractivity contribution < 1.29 is 4.42 Å². The molecular formula is C50H40N4O. The van der Waals surface area contributed by atoms with Gasteiger partial charge in [0.25, 0.3) is 0 Å². The van der Waals surface area contributed by atoms with Crippen LogP contribution in [0.15, 0.2) is 156 Å². The Morgan fingerprint density at radius 2 is 0.836 bits per heavy atom. The molecule has 0 radical (unpaired) electrons. The Morgan fingerprint density at radius 1 is 0.400 bits per heavy atom. The first kappa shape index (κ1) is 34.1. The number of rotatable bonds is 6. The molecule has 0 amide bonds. The van der Waals surface area contributed by atoms with Crippen molar-refractivity contribution in [1.82, 2.24) is 20.2 Å². The zero-order chi connectivity index (χ0) is 37.7. The summed E-state index contributed by atoms with van der Waals surface area (Å²) in [5, 5.41) is 10.9. The van der Waals surface area contributed by atoms with Crippen molar-refractivity contribution in [3.63, 3.8) is 0 Å². The van der Waals surface area contributed by atoms with Crippen molar-refractivity contribution in [2.45, 2.75) is 40.0 Å². The summed E-state index contributed by atoms with van der Waals surface area (Å²) in [6.07, 6.45) is 0. The highest BCUT2D eigenvalue weighted by Gasteiger charge is 2.17. The maximum absolute atomic E-state index is 6.11. The molecule has 0 N–H and O–H groups in total. The number of fused-ring (bicyclic) bond motifs is 3. The smallest absolute Gasteiger partial charge is 0.248 e. The third kappa shape index (κ3) is 6.59. The van der Waals surface area contributed by atoms with Crippen molar-refractivity contribution >= 4 is 21.8 Å². The molecule has 0 atom stereocenters. The second kappa shape index (κ2) is 13.6. The molecule has 0 fully saturated rings. The molecule has 0 unspecified atom stereocenters. The van der Waals surface area contributed by atoms with Crippen molar-refractivity contribution in [1.29, 1.82) is 0 Å². The third-order valence-corrected chi connectivity index (χ3v) is 10.4.